The zero-order chi connectivity index (χ0) is 16.2. The number of hydrogen-bond donors (Lipinski definition) is 2. The average Bonchev–Trinajstić information content (AvgIpc) is 2.62. The van der Waals surface area contributed by atoms with Crippen molar-refractivity contribution in [2.75, 3.05) is 6.54 Å². The number of likely N-dealkylation sites (tertiary alicyclic amines) is 1. The minimum atomic E-state index is -0.959. The molecule has 120 valence electrons. The minimum Gasteiger partial charge on any atom is -0.465 e. The van der Waals surface area contributed by atoms with Crippen molar-refractivity contribution >= 4 is 6.09 Å². The molecule has 0 bridgehead atoms. The molecule has 5 heteroatoms. The molecule has 1 aromatic heterocycles. The van der Waals surface area contributed by atoms with E-state index in [4.69, 9.17) is 0 Å². The van der Waals surface area contributed by atoms with Gasteiger partial charge in [-0.15, -0.1) is 0 Å². The topological polar surface area (TPSA) is 73.7 Å². The summed E-state index contributed by atoms with van der Waals surface area (Å²) in [4.78, 5) is 16.8. The Morgan fingerprint density at radius 3 is 2.70 bits per heavy atom. The average molecular weight is 312 g/mol. The molecular formula is C18H20N2O3. The van der Waals surface area contributed by atoms with E-state index in [9.17, 15) is 15.0 Å². The number of aliphatic hydroxyl groups excluding tert-OH is 1. The maximum atomic E-state index is 11.4. The second-order valence-electron chi connectivity index (χ2n) is 5.85. The Morgan fingerprint density at radius 1 is 1.17 bits per heavy atom. The molecule has 2 heterocycles. The van der Waals surface area contributed by atoms with E-state index in [0.717, 1.165) is 29.5 Å². The van der Waals surface area contributed by atoms with Gasteiger partial charge in [0.15, 0.2) is 0 Å². The van der Waals surface area contributed by atoms with E-state index in [1.54, 1.807) is 12.4 Å². The molecule has 3 rings (SSSR count). The first-order chi connectivity index (χ1) is 11.2. The summed E-state index contributed by atoms with van der Waals surface area (Å²) in [6.07, 6.45) is 4.17. The quantitative estimate of drug-likeness (QED) is 0.912. The first-order valence-corrected chi connectivity index (χ1v) is 7.85. The van der Waals surface area contributed by atoms with Crippen LogP contribution >= 0.6 is 0 Å². The molecule has 1 amide bonds. The van der Waals surface area contributed by atoms with Crippen molar-refractivity contribution in [2.24, 2.45) is 0 Å². The number of carbonyl (C=O) groups is 1. The number of pyridine rings is 1. The number of benzene rings is 1. The Hall–Kier alpha value is -2.40. The molecule has 0 spiro atoms. The second kappa shape index (κ2) is 6.79. The highest BCUT2D eigenvalue weighted by atomic mass is 16.4. The summed E-state index contributed by atoms with van der Waals surface area (Å²) in [6.45, 7) is 0.487. The van der Waals surface area contributed by atoms with Crippen molar-refractivity contribution < 1.29 is 15.0 Å². The van der Waals surface area contributed by atoms with Gasteiger partial charge in [-0.3, -0.25) is 4.98 Å². The fourth-order valence-corrected chi connectivity index (χ4v) is 3.19. The maximum absolute atomic E-state index is 11.4. The van der Waals surface area contributed by atoms with Gasteiger partial charge in [0.25, 0.3) is 0 Å². The van der Waals surface area contributed by atoms with Crippen molar-refractivity contribution in [3.05, 3.63) is 54.4 Å². The molecule has 0 radical (unpaired) electrons. The highest BCUT2D eigenvalue weighted by Crippen LogP contribution is 2.30. The molecule has 1 aliphatic heterocycles. The number of nitrogens with zero attached hydrogens (tertiary/aromatic N) is 2. The lowest BCUT2D eigenvalue weighted by Gasteiger charge is -2.36. The molecule has 0 unspecified atom stereocenters. The summed E-state index contributed by atoms with van der Waals surface area (Å²) in [5.41, 5.74) is 2.76. The predicted octanol–water partition coefficient (Wildman–Crippen LogP) is 3.31. The molecule has 2 N–H and O–H groups in total. The molecule has 1 saturated heterocycles. The third-order valence-corrected chi connectivity index (χ3v) is 4.40. The van der Waals surface area contributed by atoms with Crippen LogP contribution in [0.3, 0.4) is 0 Å². The second-order valence-corrected chi connectivity index (χ2v) is 5.85. The smallest absolute Gasteiger partial charge is 0.407 e. The lowest BCUT2D eigenvalue weighted by Crippen LogP contribution is -2.46. The van der Waals surface area contributed by atoms with E-state index in [0.29, 0.717) is 13.0 Å². The molecule has 1 aromatic carbocycles. The van der Waals surface area contributed by atoms with Gasteiger partial charge < -0.3 is 15.1 Å². The standard InChI is InChI=1S/C18H20N2O3/c21-17(16-6-1-2-11-20(16)18(22)23)15-5-3-4-14(12-15)13-7-9-19-10-8-13/h3-5,7-10,12,16-17,21H,1-2,6,11H2,(H,22,23)/t16-,17-/m0/s1. The lowest BCUT2D eigenvalue weighted by molar-refractivity contribution is 0.0286. The highest BCUT2D eigenvalue weighted by molar-refractivity contribution is 5.66. The van der Waals surface area contributed by atoms with Crippen LogP contribution in [0, 0.1) is 0 Å². The van der Waals surface area contributed by atoms with Crippen molar-refractivity contribution in [2.45, 2.75) is 31.4 Å². The molecule has 5 nitrogen and oxygen atoms in total. The summed E-state index contributed by atoms with van der Waals surface area (Å²) < 4.78 is 0. The maximum Gasteiger partial charge on any atom is 0.407 e. The van der Waals surface area contributed by atoms with Gasteiger partial charge in [0.2, 0.25) is 0 Å². The first-order valence-electron chi connectivity index (χ1n) is 7.85. The molecule has 2 aromatic rings. The fraction of sp³-hybridized carbons (Fsp3) is 0.333. The van der Waals surface area contributed by atoms with Gasteiger partial charge in [-0.2, -0.15) is 0 Å². The summed E-state index contributed by atoms with van der Waals surface area (Å²) in [5.74, 6) is 0. The van der Waals surface area contributed by atoms with Crippen LogP contribution in [0.5, 0.6) is 0 Å². The largest absolute Gasteiger partial charge is 0.465 e. The number of aliphatic hydroxyl groups is 1. The molecule has 2 atom stereocenters. The highest BCUT2D eigenvalue weighted by Gasteiger charge is 2.32. The third kappa shape index (κ3) is 3.35. The number of aromatic nitrogens is 1. The summed E-state index contributed by atoms with van der Waals surface area (Å²) >= 11 is 0. The van der Waals surface area contributed by atoms with Gasteiger partial charge in [0.1, 0.15) is 0 Å². The summed E-state index contributed by atoms with van der Waals surface area (Å²) in [6, 6.07) is 11.1. The van der Waals surface area contributed by atoms with Crippen LogP contribution in [0.1, 0.15) is 30.9 Å². The Labute approximate surface area is 135 Å². The van der Waals surface area contributed by atoms with Gasteiger partial charge in [0.05, 0.1) is 12.1 Å². The fourth-order valence-electron chi connectivity index (χ4n) is 3.19. The molecular weight excluding hydrogens is 292 g/mol. The van der Waals surface area contributed by atoms with Crippen LogP contribution < -0.4 is 0 Å². The van der Waals surface area contributed by atoms with E-state index in [1.807, 2.05) is 36.4 Å². The number of carboxylic acid groups (broad SMARTS) is 1. The van der Waals surface area contributed by atoms with Crippen molar-refractivity contribution in [3.8, 4) is 11.1 Å². The molecule has 1 aliphatic rings. The Kier molecular flexibility index (Phi) is 4.57. The third-order valence-electron chi connectivity index (χ3n) is 4.40. The van der Waals surface area contributed by atoms with Crippen LogP contribution in [0.15, 0.2) is 48.8 Å². The molecule has 23 heavy (non-hydrogen) atoms. The van der Waals surface area contributed by atoms with Crippen molar-refractivity contribution in [1.29, 1.82) is 0 Å². The van der Waals surface area contributed by atoms with Crippen LogP contribution in [-0.4, -0.2) is 38.8 Å². The van der Waals surface area contributed by atoms with Crippen LogP contribution in [0.2, 0.25) is 0 Å². The van der Waals surface area contributed by atoms with E-state index in [1.165, 1.54) is 4.90 Å². The number of piperidine rings is 1. The molecule has 1 fully saturated rings. The van der Waals surface area contributed by atoms with Crippen LogP contribution in [0.25, 0.3) is 11.1 Å². The minimum absolute atomic E-state index is 0.381. The Bertz CT molecular complexity index is 675. The monoisotopic (exact) mass is 312 g/mol. The lowest BCUT2D eigenvalue weighted by atomic mass is 9.92. The molecule has 0 saturated carbocycles. The van der Waals surface area contributed by atoms with E-state index >= 15 is 0 Å². The number of rotatable bonds is 3. The number of hydrogen-bond acceptors (Lipinski definition) is 3. The van der Waals surface area contributed by atoms with Crippen molar-refractivity contribution in [1.82, 2.24) is 9.88 Å². The van der Waals surface area contributed by atoms with Gasteiger partial charge in [0, 0.05) is 18.9 Å². The normalized spacial score (nSPS) is 19.3. The van der Waals surface area contributed by atoms with Gasteiger partial charge in [-0.1, -0.05) is 18.2 Å². The first kappa shape index (κ1) is 15.5. The van der Waals surface area contributed by atoms with Crippen molar-refractivity contribution in [3.63, 3.8) is 0 Å². The van der Waals surface area contributed by atoms with Gasteiger partial charge in [-0.05, 0) is 54.2 Å². The Balaban J connectivity index is 1.87. The number of amides is 1. The SMILES string of the molecule is O=C(O)N1CCCC[C@H]1[C@@H](O)c1cccc(-c2ccncc2)c1. The van der Waals surface area contributed by atoms with Crippen LogP contribution in [-0.2, 0) is 0 Å². The van der Waals surface area contributed by atoms with Gasteiger partial charge >= 0.3 is 6.09 Å². The predicted molar refractivity (Wildman–Crippen MR) is 87.0 cm³/mol. The Morgan fingerprint density at radius 2 is 1.96 bits per heavy atom. The molecule has 0 aliphatic carbocycles. The summed E-state index contributed by atoms with van der Waals surface area (Å²) in [7, 11) is 0. The zero-order valence-electron chi connectivity index (χ0n) is 12.8. The van der Waals surface area contributed by atoms with E-state index in [2.05, 4.69) is 4.98 Å². The summed E-state index contributed by atoms with van der Waals surface area (Å²) in [5, 5.41) is 20.1. The van der Waals surface area contributed by atoms with Gasteiger partial charge in [-0.25, -0.2) is 4.79 Å². The van der Waals surface area contributed by atoms with E-state index < -0.39 is 12.2 Å². The zero-order valence-corrected chi connectivity index (χ0v) is 12.8. The van der Waals surface area contributed by atoms with Crippen LogP contribution in [0.4, 0.5) is 4.79 Å². The van der Waals surface area contributed by atoms with E-state index in [-0.39, 0.29) is 6.04 Å².